The van der Waals surface area contributed by atoms with Crippen molar-refractivity contribution in [3.8, 4) is 0 Å². The van der Waals surface area contributed by atoms with Crippen LogP contribution in [0.2, 0.25) is 18.3 Å². The Hall–Kier alpha value is 2.45. The quantitative estimate of drug-likeness (QED) is 0.277. The summed E-state index contributed by atoms with van der Waals surface area (Å²) in [5.74, 6) is 0. The second-order valence-electron chi connectivity index (χ2n) is 8.91. The Labute approximate surface area is 166 Å². The van der Waals surface area contributed by atoms with Crippen LogP contribution in [-0.4, -0.2) is 66.3 Å². The van der Waals surface area contributed by atoms with E-state index in [0.29, 0.717) is 13.4 Å². The van der Waals surface area contributed by atoms with Gasteiger partial charge in [0.1, 0.15) is 0 Å². The third kappa shape index (κ3) is 37.1. The molecule has 4 radical (unpaired) electrons. The van der Waals surface area contributed by atoms with E-state index in [0.717, 1.165) is 0 Å². The summed E-state index contributed by atoms with van der Waals surface area (Å²) in [7, 11) is 0. The molecule has 122 valence electrons. The van der Waals surface area contributed by atoms with Gasteiger partial charge in [-0.25, -0.2) is 0 Å². The molecular weight excluding hydrogens is 569 g/mol. The summed E-state index contributed by atoms with van der Waals surface area (Å²) >= 11 is 1.73. The molecular formula is C17H39Sb3. The van der Waals surface area contributed by atoms with Gasteiger partial charge < -0.3 is 0 Å². The topological polar surface area (TPSA) is 0 Å². The Bertz CT molecular complexity index is 169. The van der Waals surface area contributed by atoms with E-state index in [2.05, 4.69) is 88.0 Å². The van der Waals surface area contributed by atoms with Gasteiger partial charge in [-0.2, -0.15) is 0 Å². The molecule has 0 aliphatic heterocycles. The molecule has 0 aliphatic rings. The molecule has 0 spiro atoms. The first-order valence-corrected chi connectivity index (χ1v) is 15.0. The van der Waals surface area contributed by atoms with Crippen LogP contribution < -0.4 is 0 Å². The normalized spacial score (nSPS) is 12.9. The van der Waals surface area contributed by atoms with Crippen LogP contribution in [0.1, 0.15) is 83.1 Å². The van der Waals surface area contributed by atoms with Crippen molar-refractivity contribution in [2.75, 3.05) is 0 Å². The molecule has 0 saturated heterocycles. The van der Waals surface area contributed by atoms with Gasteiger partial charge in [0.25, 0.3) is 0 Å². The van der Waals surface area contributed by atoms with Gasteiger partial charge in [-0.05, 0) is 0 Å². The van der Waals surface area contributed by atoms with E-state index in [9.17, 15) is 0 Å². The van der Waals surface area contributed by atoms with Crippen LogP contribution in [0.5, 0.6) is 0 Å². The minimum absolute atomic E-state index is 0.00833. The Balaban J connectivity index is -0.000000257. The summed E-state index contributed by atoms with van der Waals surface area (Å²) < 4.78 is 2.54. The molecule has 0 aromatic rings. The first kappa shape index (κ1) is 27.3. The summed E-state index contributed by atoms with van der Waals surface area (Å²) in [5, 5.41) is 0. The molecule has 0 aromatic heterocycles. The molecule has 0 bridgehead atoms. The molecule has 0 saturated carbocycles. The number of rotatable bonds is 0. The first-order valence-electron chi connectivity index (χ1n) is 7.34. The zero-order valence-corrected chi connectivity index (χ0v) is 24.0. The second kappa shape index (κ2) is 11.1. The molecule has 0 unspecified atom stereocenters. The molecule has 20 heavy (non-hydrogen) atoms. The van der Waals surface area contributed by atoms with Gasteiger partial charge in [-0.15, -0.1) is 0 Å². The van der Waals surface area contributed by atoms with Crippen molar-refractivity contribution in [2.45, 2.75) is 101 Å². The second-order valence-corrected chi connectivity index (χ2v) is 25.5. The number of hydrogen-bond donors (Lipinski definition) is 0. The van der Waals surface area contributed by atoms with E-state index < -0.39 is 0 Å². The molecule has 0 aromatic carbocycles. The van der Waals surface area contributed by atoms with Gasteiger partial charge in [-0.1, -0.05) is 0 Å². The predicted molar refractivity (Wildman–Crippen MR) is 102 cm³/mol. The van der Waals surface area contributed by atoms with E-state index in [1.807, 2.05) is 0 Å². The van der Waals surface area contributed by atoms with Crippen molar-refractivity contribution in [1.82, 2.24) is 0 Å². The molecule has 3 heteroatoms. The maximum atomic E-state index is 2.36. The standard InChI is InChI=1S/4C4H9.CH3.3Sb/c4*1-4(2)3;;;;/h4*1-3H3;1H3;;;. The van der Waals surface area contributed by atoms with Crippen molar-refractivity contribution in [3.63, 3.8) is 0 Å². The van der Waals surface area contributed by atoms with Crippen LogP contribution in [0.15, 0.2) is 0 Å². The third-order valence-corrected chi connectivity index (χ3v) is 9.00. The molecule has 0 fully saturated rings. The van der Waals surface area contributed by atoms with Gasteiger partial charge in [0.2, 0.25) is 0 Å². The van der Waals surface area contributed by atoms with Crippen LogP contribution in [-0.2, 0) is 0 Å². The molecule has 0 heterocycles. The van der Waals surface area contributed by atoms with Gasteiger partial charge in [-0.3, -0.25) is 0 Å². The van der Waals surface area contributed by atoms with E-state index in [4.69, 9.17) is 0 Å². The van der Waals surface area contributed by atoms with Crippen LogP contribution in [0, 0.1) is 0 Å². The number of hydrogen-bond acceptors (Lipinski definition) is 0. The Kier molecular flexibility index (Phi) is 15.1. The van der Waals surface area contributed by atoms with Crippen LogP contribution >= 0.6 is 0 Å². The first-order chi connectivity index (χ1) is 8.41. The van der Waals surface area contributed by atoms with Crippen molar-refractivity contribution in [3.05, 3.63) is 0 Å². The summed E-state index contributed by atoms with van der Waals surface area (Å²) in [4.78, 5) is 2.05. The van der Waals surface area contributed by atoms with Crippen molar-refractivity contribution < 1.29 is 0 Å². The summed E-state index contributed by atoms with van der Waals surface area (Å²) in [5.41, 5.74) is 0. The molecule has 0 nitrogen and oxygen atoms in total. The summed E-state index contributed by atoms with van der Waals surface area (Å²) in [6.45, 7) is 28.3. The molecule has 0 atom stereocenters. The predicted octanol–water partition coefficient (Wildman–Crippen LogP) is 6.46. The van der Waals surface area contributed by atoms with Crippen LogP contribution in [0.3, 0.4) is 0 Å². The van der Waals surface area contributed by atoms with E-state index >= 15 is 0 Å². The summed E-state index contributed by atoms with van der Waals surface area (Å²) in [6.07, 6.45) is 0. The monoisotopic (exact) mass is 606 g/mol. The van der Waals surface area contributed by atoms with E-state index in [1.165, 1.54) is 0 Å². The van der Waals surface area contributed by atoms with E-state index in [1.54, 1.807) is 23.0 Å². The fourth-order valence-corrected chi connectivity index (χ4v) is 13.5. The zero-order valence-electron chi connectivity index (χ0n) is 16.3. The van der Waals surface area contributed by atoms with Crippen molar-refractivity contribution >= 4 is 66.3 Å². The van der Waals surface area contributed by atoms with Gasteiger partial charge in [0.15, 0.2) is 0 Å². The van der Waals surface area contributed by atoms with E-state index in [-0.39, 0.29) is 43.2 Å². The SMILES string of the molecule is C[C](C)(C)[Sb][C](C)(C)C.C[C](C)(C)[Sb][C](C)(C)C.[CH3][Sb]. The van der Waals surface area contributed by atoms with Crippen LogP contribution in [0.4, 0.5) is 0 Å². The minimum atomic E-state index is -0.00833. The molecule has 0 rings (SSSR count). The molecule has 0 N–H and O–H groups in total. The summed E-state index contributed by atoms with van der Waals surface area (Å²) in [6, 6.07) is 0. The Morgan fingerprint density at radius 1 is 0.400 bits per heavy atom. The van der Waals surface area contributed by atoms with Crippen LogP contribution in [0.25, 0.3) is 0 Å². The van der Waals surface area contributed by atoms with Crippen molar-refractivity contribution in [2.24, 2.45) is 0 Å². The molecule has 0 amide bonds. The maximum absolute atomic E-state index is 2.36. The Morgan fingerprint density at radius 2 is 0.500 bits per heavy atom. The van der Waals surface area contributed by atoms with Gasteiger partial charge in [0, 0.05) is 0 Å². The Morgan fingerprint density at radius 3 is 0.500 bits per heavy atom. The van der Waals surface area contributed by atoms with Crippen molar-refractivity contribution in [1.29, 1.82) is 0 Å². The van der Waals surface area contributed by atoms with Gasteiger partial charge in [0.05, 0.1) is 0 Å². The fourth-order valence-electron chi connectivity index (χ4n) is 2.01. The molecule has 0 aliphatic carbocycles. The fraction of sp³-hybridized carbons (Fsp3) is 1.00. The average molecular weight is 609 g/mol. The average Bonchev–Trinajstić information content (AvgIpc) is 1.93. The zero-order chi connectivity index (χ0) is 17.4. The van der Waals surface area contributed by atoms with Gasteiger partial charge >= 0.3 is 168 Å². The third-order valence-electron chi connectivity index (χ3n) is 1.34.